The molecule has 0 saturated heterocycles. The highest BCUT2D eigenvalue weighted by atomic mass is 19.1. The molecule has 0 radical (unpaired) electrons. The van der Waals surface area contributed by atoms with Crippen LogP contribution in [0.25, 0.3) is 0 Å². The highest BCUT2D eigenvalue weighted by Crippen LogP contribution is 2.21. The van der Waals surface area contributed by atoms with Crippen molar-refractivity contribution < 1.29 is 9.50 Å². The summed E-state index contributed by atoms with van der Waals surface area (Å²) in [5.74, 6) is -0.994. The van der Waals surface area contributed by atoms with Crippen molar-refractivity contribution in [3.8, 4) is 5.75 Å². The zero-order valence-electron chi connectivity index (χ0n) is 7.20. The Hall–Kier alpha value is -1.35. The average molecular weight is 181 g/mol. The van der Waals surface area contributed by atoms with Gasteiger partial charge in [-0.1, -0.05) is 12.1 Å². The lowest BCUT2D eigenvalue weighted by Gasteiger charge is -2.09. The Balaban J connectivity index is 2.89. The first-order chi connectivity index (χ1) is 6.15. The van der Waals surface area contributed by atoms with Gasteiger partial charge in [-0.05, 0) is 24.1 Å². The molecule has 0 spiro atoms. The lowest BCUT2D eigenvalue weighted by Crippen LogP contribution is -2.08. The first kappa shape index (κ1) is 9.74. The van der Waals surface area contributed by atoms with E-state index < -0.39 is 5.82 Å². The third-order valence-corrected chi connectivity index (χ3v) is 1.82. The van der Waals surface area contributed by atoms with Crippen LogP contribution in [0.4, 0.5) is 4.39 Å². The Bertz CT molecular complexity index is 312. The van der Waals surface area contributed by atoms with Gasteiger partial charge in [0.1, 0.15) is 0 Å². The molecule has 1 aromatic carbocycles. The second-order valence-corrected chi connectivity index (χ2v) is 2.84. The molecule has 3 N–H and O–H groups in total. The fraction of sp³-hybridized carbons (Fsp3) is 0.200. The maximum Gasteiger partial charge on any atom is 0.164 e. The molecular weight excluding hydrogens is 169 g/mol. The van der Waals surface area contributed by atoms with Gasteiger partial charge in [-0.25, -0.2) is 4.39 Å². The van der Waals surface area contributed by atoms with Crippen LogP contribution in [-0.2, 0) is 0 Å². The van der Waals surface area contributed by atoms with Crippen LogP contribution >= 0.6 is 0 Å². The zero-order valence-corrected chi connectivity index (χ0v) is 7.20. The lowest BCUT2D eigenvalue weighted by molar-refractivity contribution is 0.431. The Morgan fingerprint density at radius 3 is 2.85 bits per heavy atom. The molecule has 0 aromatic heterocycles. The number of rotatable bonds is 3. The van der Waals surface area contributed by atoms with Crippen molar-refractivity contribution in [2.75, 3.05) is 0 Å². The van der Waals surface area contributed by atoms with E-state index in [4.69, 9.17) is 10.8 Å². The monoisotopic (exact) mass is 181 g/mol. The van der Waals surface area contributed by atoms with E-state index >= 15 is 0 Å². The molecule has 1 aromatic rings. The number of aromatic hydroxyl groups is 1. The molecule has 1 rings (SSSR count). The third kappa shape index (κ3) is 2.29. The molecule has 0 fully saturated rings. The third-order valence-electron chi connectivity index (χ3n) is 1.82. The van der Waals surface area contributed by atoms with Gasteiger partial charge >= 0.3 is 0 Å². The number of halogens is 1. The van der Waals surface area contributed by atoms with Gasteiger partial charge in [0, 0.05) is 6.04 Å². The average Bonchev–Trinajstić information content (AvgIpc) is 2.10. The van der Waals surface area contributed by atoms with E-state index in [1.54, 1.807) is 12.1 Å². The molecule has 70 valence electrons. The van der Waals surface area contributed by atoms with E-state index in [1.807, 2.05) is 0 Å². The van der Waals surface area contributed by atoms with Crippen molar-refractivity contribution in [3.63, 3.8) is 0 Å². The molecule has 0 unspecified atom stereocenters. The SMILES string of the molecule is C=CC[C@@H](N)c1ccc(F)c(O)c1. The van der Waals surface area contributed by atoms with E-state index in [0.717, 1.165) is 0 Å². The first-order valence-electron chi connectivity index (χ1n) is 4.00. The summed E-state index contributed by atoms with van der Waals surface area (Å²) in [6, 6.07) is 3.87. The van der Waals surface area contributed by atoms with Crippen LogP contribution in [0.2, 0.25) is 0 Å². The minimum atomic E-state index is -0.630. The second kappa shape index (κ2) is 4.05. The minimum Gasteiger partial charge on any atom is -0.505 e. The van der Waals surface area contributed by atoms with E-state index in [-0.39, 0.29) is 11.8 Å². The van der Waals surface area contributed by atoms with Crippen LogP contribution in [0.5, 0.6) is 5.75 Å². The smallest absolute Gasteiger partial charge is 0.164 e. The molecular formula is C10H12FNO. The molecule has 0 heterocycles. The molecule has 0 aliphatic heterocycles. The lowest BCUT2D eigenvalue weighted by atomic mass is 10.0. The quantitative estimate of drug-likeness (QED) is 0.701. The zero-order chi connectivity index (χ0) is 9.84. The van der Waals surface area contributed by atoms with Gasteiger partial charge in [0.2, 0.25) is 0 Å². The summed E-state index contributed by atoms with van der Waals surface area (Å²) in [6.45, 7) is 3.55. The van der Waals surface area contributed by atoms with Crippen LogP contribution in [0.3, 0.4) is 0 Å². The predicted molar refractivity (Wildman–Crippen MR) is 49.8 cm³/mol. The molecule has 0 aliphatic carbocycles. The Morgan fingerprint density at radius 1 is 1.62 bits per heavy atom. The van der Waals surface area contributed by atoms with Crippen LogP contribution < -0.4 is 5.73 Å². The second-order valence-electron chi connectivity index (χ2n) is 2.84. The normalized spacial score (nSPS) is 12.5. The van der Waals surface area contributed by atoms with Crippen molar-refractivity contribution >= 4 is 0 Å². The van der Waals surface area contributed by atoms with Gasteiger partial charge in [0.05, 0.1) is 0 Å². The summed E-state index contributed by atoms with van der Waals surface area (Å²) in [5, 5.41) is 9.06. The highest BCUT2D eigenvalue weighted by Gasteiger charge is 2.06. The Labute approximate surface area is 76.5 Å². The van der Waals surface area contributed by atoms with Crippen LogP contribution in [-0.4, -0.2) is 5.11 Å². The van der Waals surface area contributed by atoms with Crippen LogP contribution in [0.15, 0.2) is 30.9 Å². The number of phenols is 1. The van der Waals surface area contributed by atoms with Crippen molar-refractivity contribution in [3.05, 3.63) is 42.2 Å². The number of phenolic OH excluding ortho intramolecular Hbond substituents is 1. The highest BCUT2D eigenvalue weighted by molar-refractivity contribution is 5.31. The van der Waals surface area contributed by atoms with Crippen molar-refractivity contribution in [2.24, 2.45) is 5.73 Å². The molecule has 0 aliphatic rings. The minimum absolute atomic E-state index is 0.232. The fourth-order valence-corrected chi connectivity index (χ4v) is 1.08. The van der Waals surface area contributed by atoms with Gasteiger partial charge in [0.15, 0.2) is 11.6 Å². The van der Waals surface area contributed by atoms with Gasteiger partial charge in [-0.2, -0.15) is 0 Å². The van der Waals surface area contributed by atoms with E-state index in [9.17, 15) is 4.39 Å². The van der Waals surface area contributed by atoms with Crippen LogP contribution in [0, 0.1) is 5.82 Å². The molecule has 13 heavy (non-hydrogen) atoms. The fourth-order valence-electron chi connectivity index (χ4n) is 1.08. The topological polar surface area (TPSA) is 46.2 Å². The summed E-state index contributed by atoms with van der Waals surface area (Å²) in [7, 11) is 0. The molecule has 0 amide bonds. The number of benzene rings is 1. The summed E-state index contributed by atoms with van der Waals surface area (Å²) in [5.41, 5.74) is 6.43. The van der Waals surface area contributed by atoms with Crippen LogP contribution in [0.1, 0.15) is 18.0 Å². The summed E-state index contributed by atoms with van der Waals surface area (Å²) in [6.07, 6.45) is 2.29. The van der Waals surface area contributed by atoms with Crippen molar-refractivity contribution in [2.45, 2.75) is 12.5 Å². The molecule has 1 atom stereocenters. The Morgan fingerprint density at radius 2 is 2.31 bits per heavy atom. The first-order valence-corrected chi connectivity index (χ1v) is 4.00. The predicted octanol–water partition coefficient (Wildman–Crippen LogP) is 2.11. The summed E-state index contributed by atoms with van der Waals surface area (Å²) >= 11 is 0. The standard InChI is InChI=1S/C10H12FNO/c1-2-3-9(12)7-4-5-8(11)10(13)6-7/h2,4-6,9,13H,1,3,12H2/t9-/m1/s1. The number of hydrogen-bond donors (Lipinski definition) is 2. The largest absolute Gasteiger partial charge is 0.505 e. The van der Waals surface area contributed by atoms with Gasteiger partial charge in [0.25, 0.3) is 0 Å². The van der Waals surface area contributed by atoms with Gasteiger partial charge in [-0.3, -0.25) is 0 Å². The molecule has 2 nitrogen and oxygen atoms in total. The summed E-state index contributed by atoms with van der Waals surface area (Å²) < 4.78 is 12.6. The number of hydrogen-bond acceptors (Lipinski definition) is 2. The van der Waals surface area contributed by atoms with E-state index in [2.05, 4.69) is 6.58 Å². The van der Waals surface area contributed by atoms with E-state index in [1.165, 1.54) is 12.1 Å². The molecule has 0 saturated carbocycles. The number of nitrogens with two attached hydrogens (primary N) is 1. The maximum atomic E-state index is 12.6. The molecule has 3 heteroatoms. The van der Waals surface area contributed by atoms with Gasteiger partial charge in [-0.15, -0.1) is 6.58 Å². The Kier molecular flexibility index (Phi) is 3.03. The van der Waals surface area contributed by atoms with Gasteiger partial charge < -0.3 is 10.8 Å². The van der Waals surface area contributed by atoms with Crippen molar-refractivity contribution in [1.82, 2.24) is 0 Å². The molecule has 0 bridgehead atoms. The van der Waals surface area contributed by atoms with Crippen molar-refractivity contribution in [1.29, 1.82) is 0 Å². The van der Waals surface area contributed by atoms with E-state index in [0.29, 0.717) is 12.0 Å². The maximum absolute atomic E-state index is 12.6. The summed E-state index contributed by atoms with van der Waals surface area (Å²) in [4.78, 5) is 0.